The molecule has 0 aliphatic heterocycles. The number of benzene rings is 1. The zero-order valence-electron chi connectivity index (χ0n) is 11.3. The molecule has 0 aliphatic rings. The number of nitrogens with zero attached hydrogens (tertiary/aromatic N) is 1. The third-order valence-corrected chi connectivity index (χ3v) is 4.66. The molecule has 0 spiro atoms. The molecule has 7 heteroatoms. The number of hydrogen-bond donors (Lipinski definition) is 3. The van der Waals surface area contributed by atoms with Gasteiger partial charge in [0.1, 0.15) is 0 Å². The van der Waals surface area contributed by atoms with E-state index < -0.39 is 16.1 Å². The molecule has 1 aromatic rings. The Labute approximate surface area is 113 Å². The number of anilines is 1. The lowest BCUT2D eigenvalue weighted by atomic mass is 10.2. The van der Waals surface area contributed by atoms with Crippen molar-refractivity contribution in [2.75, 3.05) is 32.6 Å². The number of aryl methyl sites for hydroxylation is 1. The SMILES string of the molecule is Cc1ccc(NCC(O)CO)cc1S(=O)(=O)N(C)C. The van der Waals surface area contributed by atoms with E-state index in [0.717, 1.165) is 4.31 Å². The average Bonchev–Trinajstić information content (AvgIpc) is 2.36. The minimum Gasteiger partial charge on any atom is -0.394 e. The van der Waals surface area contributed by atoms with Gasteiger partial charge in [-0.05, 0) is 24.6 Å². The van der Waals surface area contributed by atoms with Gasteiger partial charge in [-0.1, -0.05) is 6.07 Å². The Hall–Kier alpha value is -1.15. The molecule has 3 N–H and O–H groups in total. The van der Waals surface area contributed by atoms with E-state index in [9.17, 15) is 13.5 Å². The molecule has 1 unspecified atom stereocenters. The number of hydrogen-bond acceptors (Lipinski definition) is 5. The van der Waals surface area contributed by atoms with Gasteiger partial charge in [0.05, 0.1) is 17.6 Å². The Kier molecular flexibility index (Phi) is 5.30. The summed E-state index contributed by atoms with van der Waals surface area (Å²) in [7, 11) is -0.540. The first-order chi connectivity index (χ1) is 8.78. The largest absolute Gasteiger partial charge is 0.394 e. The van der Waals surface area contributed by atoms with E-state index >= 15 is 0 Å². The molecule has 0 aliphatic carbocycles. The Morgan fingerprint density at radius 3 is 2.53 bits per heavy atom. The van der Waals surface area contributed by atoms with Gasteiger partial charge in [-0.3, -0.25) is 0 Å². The normalized spacial score (nSPS) is 13.6. The van der Waals surface area contributed by atoms with Crippen LogP contribution in [0, 0.1) is 6.92 Å². The molecule has 1 atom stereocenters. The van der Waals surface area contributed by atoms with E-state index in [4.69, 9.17) is 5.11 Å². The molecular formula is C12H20N2O4S. The van der Waals surface area contributed by atoms with Crippen molar-refractivity contribution in [3.8, 4) is 0 Å². The predicted octanol–water partition coefficient (Wildman–Crippen LogP) is 0.0104. The second-order valence-corrected chi connectivity index (χ2v) is 6.61. The van der Waals surface area contributed by atoms with Crippen LogP contribution in [-0.2, 0) is 10.0 Å². The van der Waals surface area contributed by atoms with E-state index in [2.05, 4.69) is 5.32 Å². The smallest absolute Gasteiger partial charge is 0.242 e. The van der Waals surface area contributed by atoms with Gasteiger partial charge in [0.15, 0.2) is 0 Å². The lowest BCUT2D eigenvalue weighted by Gasteiger charge is -2.16. The fourth-order valence-electron chi connectivity index (χ4n) is 1.48. The molecule has 6 nitrogen and oxygen atoms in total. The van der Waals surface area contributed by atoms with Crippen molar-refractivity contribution in [1.82, 2.24) is 4.31 Å². The molecule has 0 heterocycles. The van der Waals surface area contributed by atoms with Gasteiger partial charge in [-0.2, -0.15) is 0 Å². The summed E-state index contributed by atoms with van der Waals surface area (Å²) in [6, 6.07) is 4.95. The van der Waals surface area contributed by atoms with Crippen LogP contribution < -0.4 is 5.32 Å². The van der Waals surface area contributed by atoms with Gasteiger partial charge < -0.3 is 15.5 Å². The van der Waals surface area contributed by atoms with Crippen molar-refractivity contribution in [2.24, 2.45) is 0 Å². The number of aliphatic hydroxyl groups is 2. The molecule has 1 aromatic carbocycles. The summed E-state index contributed by atoms with van der Waals surface area (Å²) in [4.78, 5) is 0.223. The summed E-state index contributed by atoms with van der Waals surface area (Å²) in [5.74, 6) is 0. The molecule has 1 rings (SSSR count). The predicted molar refractivity (Wildman–Crippen MR) is 73.6 cm³/mol. The molecule has 108 valence electrons. The maximum atomic E-state index is 12.1. The summed E-state index contributed by atoms with van der Waals surface area (Å²) in [6.45, 7) is 1.53. The summed E-state index contributed by atoms with van der Waals surface area (Å²) in [5, 5.41) is 20.9. The van der Waals surface area contributed by atoms with E-state index in [0.29, 0.717) is 11.3 Å². The van der Waals surface area contributed by atoms with Crippen molar-refractivity contribution in [1.29, 1.82) is 0 Å². The van der Waals surface area contributed by atoms with E-state index in [1.807, 2.05) is 0 Å². The monoisotopic (exact) mass is 288 g/mol. The third kappa shape index (κ3) is 3.90. The second-order valence-electron chi connectivity index (χ2n) is 4.49. The summed E-state index contributed by atoms with van der Waals surface area (Å²) in [5.41, 5.74) is 1.24. The van der Waals surface area contributed by atoms with Crippen molar-refractivity contribution >= 4 is 15.7 Å². The summed E-state index contributed by atoms with van der Waals surface area (Å²) in [6.07, 6.45) is -0.879. The van der Waals surface area contributed by atoms with E-state index in [-0.39, 0.29) is 18.0 Å². The Bertz CT molecular complexity index is 529. The molecule has 0 aromatic heterocycles. The molecule has 0 bridgehead atoms. The highest BCUT2D eigenvalue weighted by molar-refractivity contribution is 7.89. The quantitative estimate of drug-likeness (QED) is 0.686. The van der Waals surface area contributed by atoms with Crippen LogP contribution in [-0.4, -0.2) is 56.3 Å². The first-order valence-corrected chi connectivity index (χ1v) is 7.29. The lowest BCUT2D eigenvalue weighted by molar-refractivity contribution is 0.105. The van der Waals surface area contributed by atoms with Gasteiger partial charge in [-0.25, -0.2) is 12.7 Å². The van der Waals surface area contributed by atoms with Gasteiger partial charge in [0.2, 0.25) is 10.0 Å². The zero-order chi connectivity index (χ0) is 14.6. The van der Waals surface area contributed by atoms with Crippen LogP contribution in [0.2, 0.25) is 0 Å². The van der Waals surface area contributed by atoms with Crippen molar-refractivity contribution in [2.45, 2.75) is 17.9 Å². The highest BCUT2D eigenvalue weighted by Gasteiger charge is 2.20. The molecule has 0 amide bonds. The fraction of sp³-hybridized carbons (Fsp3) is 0.500. The van der Waals surface area contributed by atoms with Crippen LogP contribution in [0.1, 0.15) is 5.56 Å². The van der Waals surface area contributed by atoms with Crippen LogP contribution in [0.4, 0.5) is 5.69 Å². The Morgan fingerprint density at radius 1 is 1.37 bits per heavy atom. The first kappa shape index (κ1) is 15.9. The maximum absolute atomic E-state index is 12.1. The second kappa shape index (κ2) is 6.33. The Morgan fingerprint density at radius 2 is 2.00 bits per heavy atom. The van der Waals surface area contributed by atoms with Crippen molar-refractivity contribution in [3.05, 3.63) is 23.8 Å². The van der Waals surface area contributed by atoms with Crippen molar-refractivity contribution < 1.29 is 18.6 Å². The summed E-state index contributed by atoms with van der Waals surface area (Å²) < 4.78 is 25.4. The minimum atomic E-state index is -3.49. The number of aliphatic hydroxyl groups excluding tert-OH is 2. The summed E-state index contributed by atoms with van der Waals surface area (Å²) >= 11 is 0. The van der Waals surface area contributed by atoms with Gasteiger partial charge in [-0.15, -0.1) is 0 Å². The van der Waals surface area contributed by atoms with E-state index in [1.54, 1.807) is 19.1 Å². The molecular weight excluding hydrogens is 268 g/mol. The maximum Gasteiger partial charge on any atom is 0.242 e. The number of nitrogens with one attached hydrogen (secondary N) is 1. The van der Waals surface area contributed by atoms with Gasteiger partial charge in [0, 0.05) is 26.3 Å². The van der Waals surface area contributed by atoms with Gasteiger partial charge in [0.25, 0.3) is 0 Å². The van der Waals surface area contributed by atoms with Crippen LogP contribution in [0.25, 0.3) is 0 Å². The average molecular weight is 288 g/mol. The van der Waals surface area contributed by atoms with Crippen LogP contribution in [0.5, 0.6) is 0 Å². The van der Waals surface area contributed by atoms with Crippen LogP contribution in [0.15, 0.2) is 23.1 Å². The van der Waals surface area contributed by atoms with E-state index in [1.165, 1.54) is 20.2 Å². The topological polar surface area (TPSA) is 89.9 Å². The van der Waals surface area contributed by atoms with Gasteiger partial charge >= 0.3 is 0 Å². The molecule has 0 fully saturated rings. The molecule has 0 saturated heterocycles. The minimum absolute atomic E-state index is 0.154. The first-order valence-electron chi connectivity index (χ1n) is 5.85. The number of rotatable bonds is 6. The zero-order valence-corrected chi connectivity index (χ0v) is 12.1. The molecule has 0 radical (unpaired) electrons. The van der Waals surface area contributed by atoms with Crippen LogP contribution >= 0.6 is 0 Å². The van der Waals surface area contributed by atoms with Crippen LogP contribution in [0.3, 0.4) is 0 Å². The standard InChI is InChI=1S/C12H20N2O4S/c1-9-4-5-10(13-7-11(16)8-15)6-12(9)19(17,18)14(2)3/h4-6,11,13,15-16H,7-8H2,1-3H3. The Balaban J connectivity index is 3.02. The molecule has 19 heavy (non-hydrogen) atoms. The number of sulfonamides is 1. The lowest BCUT2D eigenvalue weighted by Crippen LogP contribution is -2.24. The highest BCUT2D eigenvalue weighted by atomic mass is 32.2. The molecule has 0 saturated carbocycles. The highest BCUT2D eigenvalue weighted by Crippen LogP contribution is 2.22. The third-order valence-electron chi connectivity index (χ3n) is 2.70. The fourth-order valence-corrected chi connectivity index (χ4v) is 2.63. The van der Waals surface area contributed by atoms with Crippen molar-refractivity contribution in [3.63, 3.8) is 0 Å².